The number of benzene rings is 3. The molecule has 0 amide bonds. The Hall–Kier alpha value is -3.37. The maximum absolute atomic E-state index is 6.38. The number of para-hydroxylation sites is 1. The quantitative estimate of drug-likeness (QED) is 0.131. The third kappa shape index (κ3) is 6.59. The van der Waals surface area contributed by atoms with Crippen LogP contribution < -0.4 is 5.19 Å². The van der Waals surface area contributed by atoms with Crippen molar-refractivity contribution in [2.24, 2.45) is 0 Å². The van der Waals surface area contributed by atoms with E-state index in [9.17, 15) is 0 Å². The summed E-state index contributed by atoms with van der Waals surface area (Å²) >= 11 is 0. The maximum Gasteiger partial charge on any atom is 0.120 e. The molecule has 3 aromatic carbocycles. The molecule has 5 heteroatoms. The molecule has 1 radical (unpaired) electrons. The molecule has 6 rings (SSSR count). The molecule has 211 valence electrons. The zero-order chi connectivity index (χ0) is 28.3. The molecule has 0 N–H and O–H groups in total. The fourth-order valence-electron chi connectivity index (χ4n) is 4.97. The normalized spacial score (nSPS) is 11.2. The summed E-state index contributed by atoms with van der Waals surface area (Å²) in [6, 6.07) is 31.5. The molecule has 0 fully saturated rings. The summed E-state index contributed by atoms with van der Waals surface area (Å²) in [5.74, 6) is 0. The molecule has 0 atom stereocenters. The molecule has 3 aromatic heterocycles. The van der Waals surface area contributed by atoms with Crippen molar-refractivity contribution in [2.45, 2.75) is 53.3 Å². The fraction of sp³-hybridized carbons (Fsp3) is 0.222. The summed E-state index contributed by atoms with van der Waals surface area (Å²) in [6.45, 7) is 13.5. The number of hydrogen-bond donors (Lipinski definition) is 0. The summed E-state index contributed by atoms with van der Waals surface area (Å²) in [6.07, 6.45) is 5.81. The Morgan fingerprint density at radius 2 is 1.63 bits per heavy atom. The Balaban J connectivity index is 0.000000233. The van der Waals surface area contributed by atoms with Gasteiger partial charge in [-0.05, 0) is 48.3 Å². The molecule has 0 spiro atoms. The number of furan rings is 1. The Kier molecular flexibility index (Phi) is 9.75. The number of aryl methyl sites for hydroxylation is 3. The maximum atomic E-state index is 6.38. The number of pyridine rings is 2. The van der Waals surface area contributed by atoms with Crippen LogP contribution in [0.15, 0.2) is 89.6 Å². The predicted molar refractivity (Wildman–Crippen MR) is 171 cm³/mol. The van der Waals surface area contributed by atoms with E-state index in [0.717, 1.165) is 46.5 Å². The van der Waals surface area contributed by atoms with Crippen LogP contribution in [-0.2, 0) is 32.9 Å². The van der Waals surface area contributed by atoms with Crippen molar-refractivity contribution < 1.29 is 24.5 Å². The zero-order valence-electron chi connectivity index (χ0n) is 24.6. The molecular formula is C36H36IrN2OSi-2. The second-order valence-corrected chi connectivity index (χ2v) is 16.2. The van der Waals surface area contributed by atoms with Crippen molar-refractivity contribution >= 4 is 35.2 Å². The van der Waals surface area contributed by atoms with E-state index >= 15 is 0 Å². The van der Waals surface area contributed by atoms with Crippen molar-refractivity contribution in [3.8, 4) is 22.5 Å². The number of fused-ring (bicyclic) bond motifs is 3. The molecule has 0 saturated heterocycles. The molecular weight excluding hydrogens is 697 g/mol. The van der Waals surface area contributed by atoms with Gasteiger partial charge >= 0.3 is 0 Å². The molecule has 0 saturated carbocycles. The molecule has 0 bridgehead atoms. The van der Waals surface area contributed by atoms with Gasteiger partial charge in [0.2, 0.25) is 0 Å². The van der Waals surface area contributed by atoms with Crippen molar-refractivity contribution in [3.05, 3.63) is 114 Å². The average Bonchev–Trinajstić information content (AvgIpc) is 3.37. The smallest absolute Gasteiger partial charge is 0.120 e. The predicted octanol–water partition coefficient (Wildman–Crippen LogP) is 8.97. The van der Waals surface area contributed by atoms with Crippen LogP contribution in [0.3, 0.4) is 0 Å². The van der Waals surface area contributed by atoms with Crippen molar-refractivity contribution in [1.29, 1.82) is 0 Å². The van der Waals surface area contributed by atoms with Gasteiger partial charge in [-0.15, -0.1) is 53.2 Å². The average molecular weight is 733 g/mol. The van der Waals surface area contributed by atoms with E-state index in [0.29, 0.717) is 0 Å². The van der Waals surface area contributed by atoms with E-state index in [2.05, 4.69) is 87.0 Å². The Morgan fingerprint density at radius 3 is 2.29 bits per heavy atom. The van der Waals surface area contributed by atoms with Crippen molar-refractivity contribution in [2.75, 3.05) is 0 Å². The van der Waals surface area contributed by atoms with Gasteiger partial charge in [0.15, 0.2) is 0 Å². The monoisotopic (exact) mass is 733 g/mol. The van der Waals surface area contributed by atoms with Gasteiger partial charge in [-0.3, -0.25) is 0 Å². The summed E-state index contributed by atoms with van der Waals surface area (Å²) in [5.41, 5.74) is 9.60. The number of aromatic nitrogens is 2. The summed E-state index contributed by atoms with van der Waals surface area (Å²) in [5, 5.41) is 3.85. The van der Waals surface area contributed by atoms with Crippen LogP contribution in [-0.4, -0.2) is 18.0 Å². The first-order valence-corrected chi connectivity index (χ1v) is 17.5. The van der Waals surface area contributed by atoms with E-state index in [1.54, 1.807) is 0 Å². The summed E-state index contributed by atoms with van der Waals surface area (Å²) in [4.78, 5) is 9.14. The third-order valence-corrected chi connectivity index (χ3v) is 9.22. The minimum absolute atomic E-state index is 0. The molecule has 3 nitrogen and oxygen atoms in total. The van der Waals surface area contributed by atoms with Crippen molar-refractivity contribution in [3.63, 3.8) is 0 Å². The van der Waals surface area contributed by atoms with E-state index in [4.69, 9.17) is 9.40 Å². The van der Waals surface area contributed by atoms with E-state index in [1.807, 2.05) is 55.7 Å². The second kappa shape index (κ2) is 13.1. The third-order valence-electron chi connectivity index (χ3n) is 7.21. The molecule has 41 heavy (non-hydrogen) atoms. The van der Waals surface area contributed by atoms with Gasteiger partial charge in [0.25, 0.3) is 0 Å². The van der Waals surface area contributed by atoms with Crippen LogP contribution in [0.25, 0.3) is 44.5 Å². The van der Waals surface area contributed by atoms with E-state index in [1.165, 1.54) is 32.6 Å². The molecule has 0 unspecified atom stereocenters. The van der Waals surface area contributed by atoms with Crippen LogP contribution in [0.2, 0.25) is 19.6 Å². The van der Waals surface area contributed by atoms with Gasteiger partial charge < -0.3 is 14.4 Å². The van der Waals surface area contributed by atoms with Gasteiger partial charge in [0.1, 0.15) is 5.58 Å². The van der Waals surface area contributed by atoms with Crippen LogP contribution in [0.5, 0.6) is 0 Å². The minimum Gasteiger partial charge on any atom is -0.501 e. The Bertz CT molecular complexity index is 1750. The van der Waals surface area contributed by atoms with Gasteiger partial charge in [0.05, 0.1) is 5.58 Å². The summed E-state index contributed by atoms with van der Waals surface area (Å²) in [7, 11) is -1.55. The fourth-order valence-corrected chi connectivity index (χ4v) is 6.47. The van der Waals surface area contributed by atoms with Gasteiger partial charge in [-0.25, -0.2) is 0 Å². The van der Waals surface area contributed by atoms with Gasteiger partial charge in [0, 0.05) is 46.0 Å². The summed E-state index contributed by atoms with van der Waals surface area (Å²) < 4.78 is 6.38. The largest absolute Gasteiger partial charge is 0.501 e. The van der Waals surface area contributed by atoms with E-state index in [-0.39, 0.29) is 20.1 Å². The molecule has 6 aromatic rings. The topological polar surface area (TPSA) is 38.9 Å². The first-order chi connectivity index (χ1) is 19.3. The minimum atomic E-state index is -1.55. The SMILES string of the molecule is CCc1cnc(-c2[c-]cc([Si](C)(C)C)c3c2oc2ccccc23)c(CC)c1.Cc1ccc(-c2[c-]cccc2)nc1.[Ir]. The number of hydrogen-bond acceptors (Lipinski definition) is 3. The van der Waals surface area contributed by atoms with Gasteiger partial charge in [-0.2, -0.15) is 0 Å². The molecule has 3 heterocycles. The standard InChI is InChI=1S/C24H26NOSi.C12H10N.Ir/c1-6-16-14-17(7-2)23(25-15-16)19-12-13-21(27(3,4)5)22-18-10-8-9-11-20(18)26-24(19)22;1-10-7-8-12(13-9-10)11-5-3-2-4-6-11;/h8-11,13-15H,6-7H2,1-5H3;2-5,7-9H,1H3;/q2*-1;. The number of nitrogens with zero attached hydrogens (tertiary/aromatic N) is 2. The molecule has 0 aliphatic heterocycles. The zero-order valence-corrected chi connectivity index (χ0v) is 28.0. The Morgan fingerprint density at radius 1 is 0.854 bits per heavy atom. The van der Waals surface area contributed by atoms with Crippen LogP contribution in [0, 0.1) is 19.1 Å². The van der Waals surface area contributed by atoms with Crippen LogP contribution >= 0.6 is 0 Å². The van der Waals surface area contributed by atoms with Gasteiger partial charge in [-0.1, -0.05) is 86.4 Å². The van der Waals surface area contributed by atoms with E-state index < -0.39 is 8.07 Å². The van der Waals surface area contributed by atoms with Crippen LogP contribution in [0.4, 0.5) is 0 Å². The second-order valence-electron chi connectivity index (χ2n) is 11.2. The molecule has 0 aliphatic carbocycles. The number of rotatable bonds is 5. The van der Waals surface area contributed by atoms with Crippen LogP contribution in [0.1, 0.15) is 30.5 Å². The Labute approximate surface area is 258 Å². The van der Waals surface area contributed by atoms with Crippen molar-refractivity contribution in [1.82, 2.24) is 9.97 Å². The molecule has 0 aliphatic rings. The first kappa shape index (κ1) is 30.6. The first-order valence-electron chi connectivity index (χ1n) is 14.0.